The Morgan fingerprint density at radius 2 is 2.26 bits per heavy atom. The molecule has 6 heteroatoms. The van der Waals surface area contributed by atoms with Gasteiger partial charge in [0.1, 0.15) is 5.82 Å². The van der Waals surface area contributed by atoms with Gasteiger partial charge in [-0.15, -0.1) is 11.8 Å². The van der Waals surface area contributed by atoms with Crippen LogP contribution in [0.15, 0.2) is 23.1 Å². The molecule has 0 saturated heterocycles. The number of rotatable bonds is 5. The van der Waals surface area contributed by atoms with Gasteiger partial charge in [0.05, 0.1) is 5.75 Å². The Balaban J connectivity index is 2.02. The summed E-state index contributed by atoms with van der Waals surface area (Å²) < 4.78 is 36.5. The normalized spacial score (nSPS) is 19.2. The topological polar surface area (TPSA) is 46.2 Å². The summed E-state index contributed by atoms with van der Waals surface area (Å²) >= 11 is 1.53. The second-order valence-electron chi connectivity index (χ2n) is 4.54. The van der Waals surface area contributed by atoms with Crippen LogP contribution in [-0.2, 0) is 9.84 Å². The second-order valence-corrected chi connectivity index (χ2v) is 8.12. The maximum atomic E-state index is 13.7. The molecule has 0 aromatic heterocycles. The summed E-state index contributed by atoms with van der Waals surface area (Å²) in [5.74, 6) is 0.972. The van der Waals surface area contributed by atoms with E-state index in [0.29, 0.717) is 11.4 Å². The zero-order valence-corrected chi connectivity index (χ0v) is 12.5. The van der Waals surface area contributed by atoms with Crippen LogP contribution in [0.1, 0.15) is 24.9 Å². The number of sulfone groups is 1. The second kappa shape index (κ2) is 6.24. The van der Waals surface area contributed by atoms with Gasteiger partial charge >= 0.3 is 0 Å². The molecule has 1 aliphatic rings. The number of benzene rings is 1. The van der Waals surface area contributed by atoms with Crippen LogP contribution >= 0.6 is 11.8 Å². The average molecular weight is 303 g/mol. The lowest BCUT2D eigenvalue weighted by Crippen LogP contribution is -2.30. The summed E-state index contributed by atoms with van der Waals surface area (Å²) in [6, 6.07) is 5.14. The Morgan fingerprint density at radius 3 is 3.00 bits per heavy atom. The van der Waals surface area contributed by atoms with E-state index in [-0.39, 0.29) is 23.4 Å². The molecule has 0 amide bonds. The van der Waals surface area contributed by atoms with Gasteiger partial charge in [-0.25, -0.2) is 12.8 Å². The van der Waals surface area contributed by atoms with Gasteiger partial charge in [-0.2, -0.15) is 0 Å². The van der Waals surface area contributed by atoms with Crippen molar-refractivity contribution in [1.82, 2.24) is 5.32 Å². The van der Waals surface area contributed by atoms with Crippen molar-refractivity contribution in [3.8, 4) is 0 Å². The standard InChI is InChI=1S/C13H18FNO2S2/c1-2-19(16,17)9-7-15-12-6-8-18-13-10(12)4-3-5-11(13)14/h3-5,12,15H,2,6-9H2,1H3. The highest BCUT2D eigenvalue weighted by molar-refractivity contribution is 7.99. The smallest absolute Gasteiger partial charge is 0.151 e. The molecule has 2 rings (SSSR count). The fourth-order valence-electron chi connectivity index (χ4n) is 2.13. The molecule has 1 heterocycles. The zero-order chi connectivity index (χ0) is 13.9. The van der Waals surface area contributed by atoms with Crippen LogP contribution < -0.4 is 5.32 Å². The number of halogens is 1. The maximum Gasteiger partial charge on any atom is 0.151 e. The summed E-state index contributed by atoms with van der Waals surface area (Å²) in [7, 11) is -2.95. The Bertz CT molecular complexity index is 546. The van der Waals surface area contributed by atoms with E-state index in [9.17, 15) is 12.8 Å². The molecule has 1 aromatic rings. The summed E-state index contributed by atoms with van der Waals surface area (Å²) in [4.78, 5) is 0.699. The van der Waals surface area contributed by atoms with E-state index in [4.69, 9.17) is 0 Å². The first kappa shape index (κ1) is 14.8. The number of hydrogen-bond donors (Lipinski definition) is 1. The lowest BCUT2D eigenvalue weighted by molar-refractivity contribution is 0.508. The van der Waals surface area contributed by atoms with E-state index in [1.165, 1.54) is 17.8 Å². The van der Waals surface area contributed by atoms with E-state index in [0.717, 1.165) is 17.7 Å². The van der Waals surface area contributed by atoms with Gasteiger partial charge in [0.15, 0.2) is 9.84 Å². The van der Waals surface area contributed by atoms with E-state index < -0.39 is 9.84 Å². The van der Waals surface area contributed by atoms with Gasteiger partial charge in [-0.1, -0.05) is 19.1 Å². The van der Waals surface area contributed by atoms with Crippen LogP contribution in [0.2, 0.25) is 0 Å². The van der Waals surface area contributed by atoms with Crippen LogP contribution in [0.4, 0.5) is 4.39 Å². The third-order valence-electron chi connectivity index (χ3n) is 3.27. The summed E-state index contributed by atoms with van der Waals surface area (Å²) in [5.41, 5.74) is 0.949. The van der Waals surface area contributed by atoms with Crippen molar-refractivity contribution in [1.29, 1.82) is 0 Å². The molecule has 0 fully saturated rings. The van der Waals surface area contributed by atoms with Crippen LogP contribution in [0, 0.1) is 5.82 Å². The van der Waals surface area contributed by atoms with Crippen molar-refractivity contribution >= 4 is 21.6 Å². The minimum atomic E-state index is -2.95. The number of thioether (sulfide) groups is 1. The van der Waals surface area contributed by atoms with Gasteiger partial charge < -0.3 is 5.32 Å². The van der Waals surface area contributed by atoms with Crippen molar-refractivity contribution < 1.29 is 12.8 Å². The van der Waals surface area contributed by atoms with Gasteiger partial charge in [-0.3, -0.25) is 0 Å². The van der Waals surface area contributed by atoms with Gasteiger partial charge in [0.2, 0.25) is 0 Å². The lowest BCUT2D eigenvalue weighted by Gasteiger charge is -2.26. The molecule has 19 heavy (non-hydrogen) atoms. The SMILES string of the molecule is CCS(=O)(=O)CCNC1CCSc2c(F)cccc21. The molecular formula is C13H18FNO2S2. The third kappa shape index (κ3) is 3.70. The molecule has 1 N–H and O–H groups in total. The predicted molar refractivity (Wildman–Crippen MR) is 76.8 cm³/mol. The highest BCUT2D eigenvalue weighted by Crippen LogP contribution is 2.37. The van der Waals surface area contributed by atoms with Gasteiger partial charge in [-0.05, 0) is 23.8 Å². The molecule has 0 radical (unpaired) electrons. The zero-order valence-electron chi connectivity index (χ0n) is 10.9. The highest BCUT2D eigenvalue weighted by atomic mass is 32.2. The fourth-order valence-corrected chi connectivity index (χ4v) is 3.99. The van der Waals surface area contributed by atoms with Crippen LogP contribution in [-0.4, -0.2) is 32.2 Å². The Kier molecular flexibility index (Phi) is 4.86. The maximum absolute atomic E-state index is 13.7. The molecule has 1 aliphatic heterocycles. The molecule has 0 saturated carbocycles. The molecular weight excluding hydrogens is 285 g/mol. The van der Waals surface area contributed by atoms with Crippen molar-refractivity contribution in [2.24, 2.45) is 0 Å². The van der Waals surface area contributed by atoms with Crippen LogP contribution in [0.3, 0.4) is 0 Å². The molecule has 0 bridgehead atoms. The quantitative estimate of drug-likeness (QED) is 0.907. The third-order valence-corrected chi connectivity index (χ3v) is 6.13. The fraction of sp³-hybridized carbons (Fsp3) is 0.538. The van der Waals surface area contributed by atoms with E-state index >= 15 is 0 Å². The number of nitrogens with one attached hydrogen (secondary N) is 1. The molecule has 106 valence electrons. The molecule has 0 spiro atoms. The Hall–Kier alpha value is -0.590. The first-order valence-electron chi connectivity index (χ1n) is 6.38. The average Bonchev–Trinajstić information content (AvgIpc) is 2.40. The first-order chi connectivity index (χ1) is 9.03. The summed E-state index contributed by atoms with van der Waals surface area (Å²) in [6.07, 6.45) is 0.896. The van der Waals surface area contributed by atoms with Crippen molar-refractivity contribution in [3.63, 3.8) is 0 Å². The summed E-state index contributed by atoms with van der Waals surface area (Å²) in [5, 5.41) is 3.24. The highest BCUT2D eigenvalue weighted by Gasteiger charge is 2.22. The molecule has 0 aliphatic carbocycles. The van der Waals surface area contributed by atoms with Crippen LogP contribution in [0.25, 0.3) is 0 Å². The van der Waals surface area contributed by atoms with Crippen molar-refractivity contribution in [2.75, 3.05) is 23.8 Å². The van der Waals surface area contributed by atoms with Crippen molar-refractivity contribution in [3.05, 3.63) is 29.6 Å². The number of hydrogen-bond acceptors (Lipinski definition) is 4. The lowest BCUT2D eigenvalue weighted by atomic mass is 10.0. The number of fused-ring (bicyclic) bond motifs is 1. The molecule has 1 atom stereocenters. The first-order valence-corrected chi connectivity index (χ1v) is 9.19. The predicted octanol–water partition coefficient (Wildman–Crippen LogP) is 2.39. The summed E-state index contributed by atoms with van der Waals surface area (Å²) in [6.45, 7) is 2.07. The molecule has 1 aromatic carbocycles. The minimum Gasteiger partial charge on any atom is -0.309 e. The van der Waals surface area contributed by atoms with Crippen molar-refractivity contribution in [2.45, 2.75) is 24.3 Å². The Labute approximate surface area is 117 Å². The van der Waals surface area contributed by atoms with E-state index in [1.54, 1.807) is 13.0 Å². The van der Waals surface area contributed by atoms with E-state index in [2.05, 4.69) is 5.32 Å². The van der Waals surface area contributed by atoms with Gasteiger partial charge in [0, 0.05) is 23.2 Å². The largest absolute Gasteiger partial charge is 0.309 e. The van der Waals surface area contributed by atoms with Gasteiger partial charge in [0.25, 0.3) is 0 Å². The van der Waals surface area contributed by atoms with Crippen LogP contribution in [0.5, 0.6) is 0 Å². The monoisotopic (exact) mass is 303 g/mol. The van der Waals surface area contributed by atoms with E-state index in [1.807, 2.05) is 6.07 Å². The minimum absolute atomic E-state index is 0.0546. The molecule has 3 nitrogen and oxygen atoms in total. The Morgan fingerprint density at radius 1 is 1.47 bits per heavy atom. The molecule has 1 unspecified atom stereocenters.